The molecule has 0 bridgehead atoms. The van der Waals surface area contributed by atoms with E-state index in [1.165, 1.54) is 54.1 Å². The lowest BCUT2D eigenvalue weighted by molar-refractivity contribution is 0.318. The van der Waals surface area contributed by atoms with Crippen LogP contribution in [0.4, 0.5) is 0 Å². The van der Waals surface area contributed by atoms with E-state index < -0.39 is 10.0 Å². The molecule has 0 spiro atoms. The molecule has 2 aromatic rings. The van der Waals surface area contributed by atoms with E-state index in [9.17, 15) is 8.42 Å². The highest BCUT2D eigenvalue weighted by atomic mass is 32.2. The fourth-order valence-corrected chi connectivity index (χ4v) is 7.30. The minimum absolute atomic E-state index is 0.260. The summed E-state index contributed by atoms with van der Waals surface area (Å²) < 4.78 is 30.9. The number of hydrogen-bond donors (Lipinski definition) is 1. The lowest BCUT2D eigenvalue weighted by Gasteiger charge is -2.28. The quantitative estimate of drug-likeness (QED) is 0.411. The first kappa shape index (κ1) is 27.3. The van der Waals surface area contributed by atoms with Crippen molar-refractivity contribution in [1.82, 2.24) is 8.87 Å². The van der Waals surface area contributed by atoms with Crippen molar-refractivity contribution in [2.45, 2.75) is 95.4 Å². The molecule has 190 valence electrons. The lowest BCUT2D eigenvalue weighted by Crippen LogP contribution is -2.32. The van der Waals surface area contributed by atoms with Gasteiger partial charge in [0, 0.05) is 36.4 Å². The third-order valence-electron chi connectivity index (χ3n) is 7.01. The van der Waals surface area contributed by atoms with Crippen LogP contribution in [0.5, 0.6) is 0 Å². The largest absolute Gasteiger partial charge is 0.343 e. The number of aromatic nitrogens is 1. The molecule has 0 unspecified atom stereocenters. The van der Waals surface area contributed by atoms with Gasteiger partial charge in [-0.1, -0.05) is 59.9 Å². The van der Waals surface area contributed by atoms with Crippen molar-refractivity contribution in [2.75, 3.05) is 13.6 Å². The first-order valence-corrected chi connectivity index (χ1v) is 14.9. The molecule has 0 atom stereocenters. The fourth-order valence-electron chi connectivity index (χ4n) is 5.12. The number of sulfonamides is 1. The van der Waals surface area contributed by atoms with Crippen LogP contribution in [-0.2, 0) is 22.0 Å². The zero-order valence-corrected chi connectivity index (χ0v) is 23.7. The van der Waals surface area contributed by atoms with Gasteiger partial charge in [-0.15, -0.1) is 0 Å². The molecule has 1 aliphatic carbocycles. The molecular formula is C27H43N3O2S2. The van der Waals surface area contributed by atoms with E-state index >= 15 is 0 Å². The summed E-state index contributed by atoms with van der Waals surface area (Å²) in [5, 5.41) is 6.02. The second kappa shape index (κ2) is 10.8. The molecule has 3 rings (SSSR count). The van der Waals surface area contributed by atoms with Gasteiger partial charge in [0.2, 0.25) is 10.0 Å². The topological polar surface area (TPSA) is 68.3 Å². The van der Waals surface area contributed by atoms with Crippen LogP contribution in [0.1, 0.15) is 78.0 Å². The molecule has 5 nitrogen and oxygen atoms in total. The van der Waals surface area contributed by atoms with Crippen LogP contribution in [0.15, 0.2) is 34.1 Å². The molecule has 1 aliphatic rings. The molecule has 34 heavy (non-hydrogen) atoms. The molecule has 1 aromatic carbocycles. The molecule has 1 heterocycles. The van der Waals surface area contributed by atoms with Crippen molar-refractivity contribution in [2.24, 2.45) is 17.0 Å². The summed E-state index contributed by atoms with van der Waals surface area (Å²) in [5.41, 5.74) is 3.90. The Morgan fingerprint density at radius 1 is 1.15 bits per heavy atom. The standard InChI is InChI=1S/C27H43N3O2S2/c1-19(2)17-29(7)34(31,32)26-14-13-22(15-23(26)27(4,5)6)24-16-25(33-28)20(3)30(24)18-21-11-9-8-10-12-21/h13-16,19,21H,8-12,17-18,28H2,1-7H3. The highest BCUT2D eigenvalue weighted by Crippen LogP contribution is 2.38. The van der Waals surface area contributed by atoms with Crippen LogP contribution in [0, 0.1) is 18.8 Å². The van der Waals surface area contributed by atoms with E-state index in [1.807, 2.05) is 26.0 Å². The minimum Gasteiger partial charge on any atom is -0.343 e. The summed E-state index contributed by atoms with van der Waals surface area (Å²) in [6.07, 6.45) is 6.50. The Balaban J connectivity index is 2.11. The lowest BCUT2D eigenvalue weighted by atomic mass is 9.85. The molecule has 2 N–H and O–H groups in total. The first-order chi connectivity index (χ1) is 15.9. The molecule has 0 radical (unpaired) electrons. The predicted octanol–water partition coefficient (Wildman–Crippen LogP) is 6.58. The van der Waals surface area contributed by atoms with Gasteiger partial charge in [0.05, 0.1) is 4.90 Å². The number of nitrogens with zero attached hydrogens (tertiary/aromatic N) is 2. The Labute approximate surface area is 211 Å². The summed E-state index contributed by atoms with van der Waals surface area (Å²) in [6, 6.07) is 8.05. The molecule has 0 saturated heterocycles. The van der Waals surface area contributed by atoms with Gasteiger partial charge in [0.25, 0.3) is 0 Å². The van der Waals surface area contributed by atoms with Crippen molar-refractivity contribution in [3.63, 3.8) is 0 Å². The molecule has 7 heteroatoms. The van der Waals surface area contributed by atoms with E-state index in [2.05, 4.69) is 44.4 Å². The third kappa shape index (κ3) is 5.92. The molecule has 1 fully saturated rings. The smallest absolute Gasteiger partial charge is 0.243 e. The zero-order chi connectivity index (χ0) is 25.3. The highest BCUT2D eigenvalue weighted by Gasteiger charge is 2.30. The van der Waals surface area contributed by atoms with E-state index in [0.29, 0.717) is 17.4 Å². The van der Waals surface area contributed by atoms with Gasteiger partial charge < -0.3 is 4.57 Å². The van der Waals surface area contributed by atoms with Gasteiger partial charge in [0.15, 0.2) is 0 Å². The molecule has 0 aliphatic heterocycles. The number of nitrogens with two attached hydrogens (primary N) is 1. The van der Waals surface area contributed by atoms with Crippen molar-refractivity contribution in [1.29, 1.82) is 0 Å². The van der Waals surface area contributed by atoms with Gasteiger partial charge >= 0.3 is 0 Å². The van der Waals surface area contributed by atoms with Crippen LogP contribution >= 0.6 is 11.9 Å². The molecular weight excluding hydrogens is 462 g/mol. The number of benzene rings is 1. The maximum atomic E-state index is 13.5. The SMILES string of the molecule is Cc1c(SN)cc(-c2ccc(S(=O)(=O)N(C)CC(C)C)c(C(C)(C)C)c2)n1CC1CCCCC1. The van der Waals surface area contributed by atoms with E-state index in [4.69, 9.17) is 5.14 Å². The zero-order valence-electron chi connectivity index (χ0n) is 22.0. The summed E-state index contributed by atoms with van der Waals surface area (Å²) in [7, 11) is -1.91. The van der Waals surface area contributed by atoms with Gasteiger partial charge in [-0.05, 0) is 78.3 Å². The summed E-state index contributed by atoms with van der Waals surface area (Å²) in [5.74, 6) is 0.941. The molecule has 1 saturated carbocycles. The second-order valence-corrected chi connectivity index (χ2v) is 14.0. The summed E-state index contributed by atoms with van der Waals surface area (Å²) in [6.45, 7) is 14.0. The fraction of sp³-hybridized carbons (Fsp3) is 0.630. The van der Waals surface area contributed by atoms with Crippen LogP contribution in [0.25, 0.3) is 11.3 Å². The maximum Gasteiger partial charge on any atom is 0.243 e. The number of rotatable bonds is 8. The van der Waals surface area contributed by atoms with Crippen LogP contribution in [0.3, 0.4) is 0 Å². The normalized spacial score (nSPS) is 16.1. The van der Waals surface area contributed by atoms with Gasteiger partial charge in [-0.2, -0.15) is 0 Å². The van der Waals surface area contributed by atoms with E-state index in [-0.39, 0.29) is 11.3 Å². The summed E-state index contributed by atoms with van der Waals surface area (Å²) >= 11 is 1.29. The average Bonchev–Trinajstić information content (AvgIpc) is 3.08. The van der Waals surface area contributed by atoms with Crippen LogP contribution in [0.2, 0.25) is 0 Å². The maximum absolute atomic E-state index is 13.5. The molecule has 0 amide bonds. The van der Waals surface area contributed by atoms with Gasteiger partial charge in [0.1, 0.15) is 0 Å². The Morgan fingerprint density at radius 3 is 2.35 bits per heavy atom. The van der Waals surface area contributed by atoms with Gasteiger partial charge in [-0.3, -0.25) is 5.14 Å². The third-order valence-corrected chi connectivity index (χ3v) is 9.56. The van der Waals surface area contributed by atoms with Crippen molar-refractivity contribution < 1.29 is 8.42 Å². The Morgan fingerprint density at radius 2 is 1.79 bits per heavy atom. The van der Waals surface area contributed by atoms with Crippen LogP contribution < -0.4 is 5.14 Å². The average molecular weight is 506 g/mol. The molecule has 1 aromatic heterocycles. The van der Waals surface area contributed by atoms with E-state index in [0.717, 1.165) is 28.3 Å². The van der Waals surface area contributed by atoms with Crippen LogP contribution in [-0.4, -0.2) is 30.9 Å². The first-order valence-electron chi connectivity index (χ1n) is 12.5. The number of hydrogen-bond acceptors (Lipinski definition) is 4. The second-order valence-electron chi connectivity index (χ2n) is 11.4. The Kier molecular flexibility index (Phi) is 8.65. The predicted molar refractivity (Wildman–Crippen MR) is 145 cm³/mol. The van der Waals surface area contributed by atoms with Crippen molar-refractivity contribution in [3.8, 4) is 11.3 Å². The Bertz CT molecular complexity index is 1090. The highest BCUT2D eigenvalue weighted by molar-refractivity contribution is 7.97. The van der Waals surface area contributed by atoms with Gasteiger partial charge in [-0.25, -0.2) is 12.7 Å². The summed E-state index contributed by atoms with van der Waals surface area (Å²) in [4.78, 5) is 1.49. The monoisotopic (exact) mass is 505 g/mol. The Hall–Kier alpha value is -1.28. The van der Waals surface area contributed by atoms with E-state index in [1.54, 1.807) is 7.05 Å². The minimum atomic E-state index is -3.58. The van der Waals surface area contributed by atoms with Crippen molar-refractivity contribution in [3.05, 3.63) is 35.5 Å². The van der Waals surface area contributed by atoms with Crippen molar-refractivity contribution >= 4 is 22.0 Å².